The van der Waals surface area contributed by atoms with E-state index in [9.17, 15) is 0 Å². The first kappa shape index (κ1) is 31.9. The molecule has 57 heavy (non-hydrogen) atoms. The van der Waals surface area contributed by atoms with E-state index in [1.54, 1.807) is 0 Å². The number of hydrogen-bond donors (Lipinski definition) is 0. The first-order chi connectivity index (χ1) is 28.3. The third-order valence-corrected chi connectivity index (χ3v) is 12.2. The summed E-state index contributed by atoms with van der Waals surface area (Å²) in [7, 11) is 0. The van der Waals surface area contributed by atoms with Crippen LogP contribution in [0.15, 0.2) is 194 Å². The maximum atomic E-state index is 2.47. The third-order valence-electron chi connectivity index (χ3n) is 12.2. The minimum Gasteiger partial charge on any atom is -0.313 e. The van der Waals surface area contributed by atoms with Gasteiger partial charge in [-0.25, -0.2) is 0 Å². The van der Waals surface area contributed by atoms with Crippen LogP contribution >= 0.6 is 0 Å². The van der Waals surface area contributed by atoms with Crippen LogP contribution in [0.3, 0.4) is 0 Å². The van der Waals surface area contributed by atoms with Gasteiger partial charge in [0.1, 0.15) is 0 Å². The molecule has 1 aliphatic carbocycles. The fourth-order valence-electron chi connectivity index (χ4n) is 9.59. The minimum absolute atomic E-state index is 0.987. The lowest BCUT2D eigenvalue weighted by Crippen LogP contribution is -2.05. The zero-order valence-corrected chi connectivity index (χ0v) is 31.3. The van der Waals surface area contributed by atoms with Gasteiger partial charge in [-0.2, -0.15) is 0 Å². The van der Waals surface area contributed by atoms with E-state index in [-0.39, 0.29) is 0 Å². The summed E-state index contributed by atoms with van der Waals surface area (Å²) >= 11 is 0. The molecule has 3 heterocycles. The largest absolute Gasteiger partial charge is 0.313 e. The van der Waals surface area contributed by atoms with Gasteiger partial charge in [-0.15, -0.1) is 0 Å². The Morgan fingerprint density at radius 3 is 1.26 bits per heavy atom. The quantitative estimate of drug-likeness (QED) is 0.168. The Kier molecular flexibility index (Phi) is 7.05. The SMILES string of the molecule is C1=C(c2ccc3c(c2)c2cc(-c4ccc5c(c4)c4ccccc4n5-c4ccccc4)ccc2n3-c2ccccc2)CCc2c1c1ccccc1n2-c1ccccc1. The predicted molar refractivity (Wildman–Crippen MR) is 240 cm³/mol. The fraction of sp³-hybridized carbons (Fsp3) is 0.0370. The average molecular weight is 728 g/mol. The molecular weight excluding hydrogens is 691 g/mol. The number of aromatic nitrogens is 3. The summed E-state index contributed by atoms with van der Waals surface area (Å²) in [4.78, 5) is 0. The number of rotatable bonds is 5. The lowest BCUT2D eigenvalue weighted by molar-refractivity contribution is 0.898. The summed E-state index contributed by atoms with van der Waals surface area (Å²) in [5.41, 5.74) is 17.5. The van der Waals surface area contributed by atoms with Crippen LogP contribution in [0.5, 0.6) is 0 Å². The fourth-order valence-corrected chi connectivity index (χ4v) is 9.59. The molecule has 0 atom stereocenters. The molecule has 0 saturated carbocycles. The van der Waals surface area contributed by atoms with Gasteiger partial charge >= 0.3 is 0 Å². The molecule has 0 N–H and O–H groups in total. The molecule has 0 fully saturated rings. The molecule has 0 bridgehead atoms. The van der Waals surface area contributed by atoms with E-state index in [1.807, 2.05) is 0 Å². The molecule has 268 valence electrons. The highest BCUT2D eigenvalue weighted by Crippen LogP contribution is 2.42. The monoisotopic (exact) mass is 727 g/mol. The highest BCUT2D eigenvalue weighted by atomic mass is 15.0. The first-order valence-electron chi connectivity index (χ1n) is 19.9. The molecule has 0 aliphatic heterocycles. The highest BCUT2D eigenvalue weighted by Gasteiger charge is 2.23. The Morgan fingerprint density at radius 2 is 0.702 bits per heavy atom. The highest BCUT2D eigenvalue weighted by molar-refractivity contribution is 6.13. The topological polar surface area (TPSA) is 14.8 Å². The molecule has 12 rings (SSSR count). The zero-order chi connectivity index (χ0) is 37.5. The Bertz CT molecular complexity index is 3380. The summed E-state index contributed by atoms with van der Waals surface area (Å²) in [6.07, 6.45) is 4.44. The van der Waals surface area contributed by atoms with Crippen molar-refractivity contribution in [1.82, 2.24) is 13.7 Å². The van der Waals surface area contributed by atoms with Crippen LogP contribution in [0.4, 0.5) is 0 Å². The molecule has 3 nitrogen and oxygen atoms in total. The molecule has 1 aliphatic rings. The molecule has 3 heteroatoms. The normalized spacial score (nSPS) is 12.9. The number of hydrogen-bond acceptors (Lipinski definition) is 0. The second-order valence-electron chi connectivity index (χ2n) is 15.3. The van der Waals surface area contributed by atoms with E-state index in [0.717, 1.165) is 12.8 Å². The van der Waals surface area contributed by atoms with Crippen molar-refractivity contribution in [3.63, 3.8) is 0 Å². The van der Waals surface area contributed by atoms with Crippen molar-refractivity contribution in [2.45, 2.75) is 12.8 Å². The van der Waals surface area contributed by atoms with Gasteiger partial charge < -0.3 is 13.7 Å². The standard InChI is InChI=1S/C54H37N3/c1-4-14-40(15-5-1)55-49-22-12-10-20-43(49)45-32-36(24-28-51(45)55)38-26-30-53-47(34-38)48-35-39(27-31-54(48)57(53)42-18-8-3-9-19-42)37-25-29-52-46(33-37)44-21-11-13-23-50(44)56(52)41-16-6-2-7-17-41/h1-24,26-28,30-35H,25,29H2. The van der Waals surface area contributed by atoms with Gasteiger partial charge in [0.25, 0.3) is 0 Å². The summed E-state index contributed by atoms with van der Waals surface area (Å²) in [5.74, 6) is 0. The van der Waals surface area contributed by atoms with Crippen LogP contribution < -0.4 is 0 Å². The summed E-state index contributed by atoms with van der Waals surface area (Å²) in [6, 6.07) is 71.0. The maximum absolute atomic E-state index is 2.47. The molecule has 0 amide bonds. The van der Waals surface area contributed by atoms with E-state index in [4.69, 9.17) is 0 Å². The molecule has 8 aromatic carbocycles. The number of benzene rings is 8. The van der Waals surface area contributed by atoms with Crippen LogP contribution in [0.1, 0.15) is 23.2 Å². The number of fused-ring (bicyclic) bond motifs is 9. The number of allylic oxidation sites excluding steroid dienone is 1. The van der Waals surface area contributed by atoms with E-state index in [2.05, 4.69) is 214 Å². The van der Waals surface area contributed by atoms with Gasteiger partial charge in [0.2, 0.25) is 0 Å². The molecule has 0 spiro atoms. The lowest BCUT2D eigenvalue weighted by atomic mass is 9.90. The van der Waals surface area contributed by atoms with Gasteiger partial charge in [0, 0.05) is 55.3 Å². The minimum atomic E-state index is 0.987. The molecule has 0 saturated heterocycles. The Morgan fingerprint density at radius 1 is 0.298 bits per heavy atom. The maximum Gasteiger partial charge on any atom is 0.0541 e. The van der Waals surface area contributed by atoms with Crippen LogP contribution in [0.2, 0.25) is 0 Å². The molecule has 3 aromatic heterocycles. The van der Waals surface area contributed by atoms with Crippen molar-refractivity contribution in [3.8, 4) is 28.2 Å². The summed E-state index contributed by atoms with van der Waals surface area (Å²) in [6.45, 7) is 0. The number of para-hydroxylation sites is 5. The lowest BCUT2D eigenvalue weighted by Gasteiger charge is -2.18. The van der Waals surface area contributed by atoms with Gasteiger partial charge in [0.15, 0.2) is 0 Å². The van der Waals surface area contributed by atoms with Crippen LogP contribution in [0, 0.1) is 0 Å². The smallest absolute Gasteiger partial charge is 0.0541 e. The van der Waals surface area contributed by atoms with Crippen molar-refractivity contribution in [2.75, 3.05) is 0 Å². The van der Waals surface area contributed by atoms with Crippen molar-refractivity contribution in [2.24, 2.45) is 0 Å². The van der Waals surface area contributed by atoms with Crippen LogP contribution in [-0.4, -0.2) is 13.7 Å². The van der Waals surface area contributed by atoms with Crippen LogP contribution in [-0.2, 0) is 6.42 Å². The van der Waals surface area contributed by atoms with Gasteiger partial charge in [-0.1, -0.05) is 109 Å². The van der Waals surface area contributed by atoms with Gasteiger partial charge in [0.05, 0.1) is 27.6 Å². The second-order valence-corrected chi connectivity index (χ2v) is 15.3. The van der Waals surface area contributed by atoms with E-state index in [0.29, 0.717) is 0 Å². The van der Waals surface area contributed by atoms with Gasteiger partial charge in [-0.05, 0) is 126 Å². The average Bonchev–Trinajstić information content (AvgIpc) is 3.92. The van der Waals surface area contributed by atoms with Crippen molar-refractivity contribution >= 4 is 66.2 Å². The second kappa shape index (κ2) is 12.6. The number of nitrogens with zero attached hydrogens (tertiary/aromatic N) is 3. The molecule has 0 unspecified atom stereocenters. The Hall–Kier alpha value is -7.36. The summed E-state index contributed by atoms with van der Waals surface area (Å²) in [5, 5.41) is 6.37. The molecular formula is C54H37N3. The molecule has 11 aromatic rings. The predicted octanol–water partition coefficient (Wildman–Crippen LogP) is 14.0. The summed E-state index contributed by atoms with van der Waals surface area (Å²) < 4.78 is 7.28. The van der Waals surface area contributed by atoms with E-state index >= 15 is 0 Å². The first-order valence-corrected chi connectivity index (χ1v) is 19.9. The van der Waals surface area contributed by atoms with Crippen LogP contribution in [0.25, 0.3) is 94.4 Å². The zero-order valence-electron chi connectivity index (χ0n) is 31.3. The third kappa shape index (κ3) is 4.92. The molecule has 0 radical (unpaired) electrons. The van der Waals surface area contributed by atoms with Gasteiger partial charge in [-0.3, -0.25) is 0 Å². The van der Waals surface area contributed by atoms with Crippen molar-refractivity contribution in [3.05, 3.63) is 211 Å². The van der Waals surface area contributed by atoms with Crippen molar-refractivity contribution < 1.29 is 0 Å². The van der Waals surface area contributed by atoms with E-state index in [1.165, 1.54) is 105 Å². The van der Waals surface area contributed by atoms with E-state index < -0.39 is 0 Å². The Balaban J connectivity index is 1.04. The van der Waals surface area contributed by atoms with Crippen molar-refractivity contribution in [1.29, 1.82) is 0 Å². The Labute approximate surface area is 330 Å².